The van der Waals surface area contributed by atoms with Crippen LogP contribution in [0.4, 0.5) is 5.95 Å². The minimum absolute atomic E-state index is 0.0218. The molecule has 1 aliphatic rings. The van der Waals surface area contributed by atoms with Crippen LogP contribution in [0.1, 0.15) is 0 Å². The van der Waals surface area contributed by atoms with Gasteiger partial charge in [-0.25, -0.2) is 9.97 Å². The number of ether oxygens (including phenoxy) is 2. The minimum Gasteiger partial charge on any atom is -0.497 e. The topological polar surface area (TPSA) is 67.8 Å². The van der Waals surface area contributed by atoms with Gasteiger partial charge in [0.1, 0.15) is 11.5 Å². The molecule has 126 valence electrons. The van der Waals surface area contributed by atoms with E-state index in [0.29, 0.717) is 30.5 Å². The van der Waals surface area contributed by atoms with Crippen molar-refractivity contribution in [3.05, 3.63) is 42.7 Å². The molecule has 0 aliphatic carbocycles. The Morgan fingerprint density at radius 2 is 1.79 bits per heavy atom. The highest BCUT2D eigenvalue weighted by Crippen LogP contribution is 2.19. The van der Waals surface area contributed by atoms with Crippen LogP contribution in [-0.4, -0.2) is 60.7 Å². The SMILES string of the molecule is COc1cccc(OCC(=O)N2CCN(c3ncccn3)CC2)c1. The van der Waals surface area contributed by atoms with Crippen LogP contribution >= 0.6 is 0 Å². The van der Waals surface area contributed by atoms with Crippen LogP contribution in [0.15, 0.2) is 42.7 Å². The van der Waals surface area contributed by atoms with Crippen LogP contribution in [0.5, 0.6) is 11.5 Å². The van der Waals surface area contributed by atoms with Crippen LogP contribution < -0.4 is 14.4 Å². The zero-order chi connectivity index (χ0) is 16.8. The van der Waals surface area contributed by atoms with Crippen LogP contribution in [0.25, 0.3) is 0 Å². The Morgan fingerprint density at radius 3 is 2.50 bits per heavy atom. The minimum atomic E-state index is -0.0218. The molecule has 0 bridgehead atoms. The molecule has 7 heteroatoms. The van der Waals surface area contributed by atoms with Gasteiger partial charge >= 0.3 is 0 Å². The van der Waals surface area contributed by atoms with E-state index in [9.17, 15) is 4.79 Å². The highest BCUT2D eigenvalue weighted by atomic mass is 16.5. The summed E-state index contributed by atoms with van der Waals surface area (Å²) in [4.78, 5) is 24.6. The second-order valence-corrected chi connectivity index (χ2v) is 5.38. The number of carbonyl (C=O) groups is 1. The van der Waals surface area contributed by atoms with E-state index >= 15 is 0 Å². The number of benzene rings is 1. The molecule has 24 heavy (non-hydrogen) atoms. The van der Waals surface area contributed by atoms with Gasteiger partial charge in [-0.2, -0.15) is 0 Å². The molecule has 0 atom stereocenters. The Morgan fingerprint density at radius 1 is 1.08 bits per heavy atom. The number of carbonyl (C=O) groups excluding carboxylic acids is 1. The Labute approximate surface area is 140 Å². The van der Waals surface area contributed by atoms with Crippen molar-refractivity contribution in [1.82, 2.24) is 14.9 Å². The molecular formula is C17H20N4O3. The summed E-state index contributed by atoms with van der Waals surface area (Å²) in [6, 6.07) is 9.02. The van der Waals surface area contributed by atoms with Gasteiger partial charge < -0.3 is 19.3 Å². The van der Waals surface area contributed by atoms with E-state index in [1.54, 1.807) is 42.6 Å². The lowest BCUT2D eigenvalue weighted by Crippen LogP contribution is -2.50. The number of hydrogen-bond donors (Lipinski definition) is 0. The van der Waals surface area contributed by atoms with Crippen LogP contribution in [-0.2, 0) is 4.79 Å². The molecule has 1 fully saturated rings. The summed E-state index contributed by atoms with van der Waals surface area (Å²) in [6.45, 7) is 2.73. The molecule has 1 aliphatic heterocycles. The first-order chi connectivity index (χ1) is 11.8. The predicted molar refractivity (Wildman–Crippen MR) is 89.3 cm³/mol. The zero-order valence-corrected chi connectivity index (χ0v) is 13.6. The van der Waals surface area contributed by atoms with Gasteiger partial charge in [0.15, 0.2) is 6.61 Å². The van der Waals surface area contributed by atoms with Gasteiger partial charge in [0, 0.05) is 44.6 Å². The molecular weight excluding hydrogens is 308 g/mol. The van der Waals surface area contributed by atoms with Gasteiger partial charge in [0.25, 0.3) is 5.91 Å². The summed E-state index contributed by atoms with van der Waals surface area (Å²) < 4.78 is 10.7. The van der Waals surface area contributed by atoms with Gasteiger partial charge in [0.05, 0.1) is 7.11 Å². The first-order valence-corrected chi connectivity index (χ1v) is 7.83. The third kappa shape index (κ3) is 3.92. The summed E-state index contributed by atoms with van der Waals surface area (Å²) in [6.07, 6.45) is 3.45. The van der Waals surface area contributed by atoms with E-state index in [0.717, 1.165) is 13.1 Å². The lowest BCUT2D eigenvalue weighted by Gasteiger charge is -2.34. The summed E-state index contributed by atoms with van der Waals surface area (Å²) in [7, 11) is 1.60. The molecule has 0 unspecified atom stereocenters. The molecule has 0 spiro atoms. The first kappa shape index (κ1) is 16.0. The number of amides is 1. The molecule has 1 aromatic heterocycles. The first-order valence-electron chi connectivity index (χ1n) is 7.83. The monoisotopic (exact) mass is 328 g/mol. The summed E-state index contributed by atoms with van der Waals surface area (Å²) in [5.41, 5.74) is 0. The average molecular weight is 328 g/mol. The lowest BCUT2D eigenvalue weighted by atomic mass is 10.3. The van der Waals surface area contributed by atoms with Gasteiger partial charge in [-0.15, -0.1) is 0 Å². The van der Waals surface area contributed by atoms with Gasteiger partial charge in [-0.1, -0.05) is 6.07 Å². The molecule has 0 radical (unpaired) electrons. The van der Waals surface area contributed by atoms with Gasteiger partial charge in [-0.3, -0.25) is 4.79 Å². The van der Waals surface area contributed by atoms with Crippen LogP contribution in [0, 0.1) is 0 Å². The van der Waals surface area contributed by atoms with Crippen molar-refractivity contribution in [3.8, 4) is 11.5 Å². The molecule has 2 heterocycles. The molecule has 1 saturated heterocycles. The number of aromatic nitrogens is 2. The predicted octanol–water partition coefficient (Wildman–Crippen LogP) is 1.21. The van der Waals surface area contributed by atoms with E-state index in [1.165, 1.54) is 0 Å². The fourth-order valence-corrected chi connectivity index (χ4v) is 2.54. The number of hydrogen-bond acceptors (Lipinski definition) is 6. The number of nitrogens with zero attached hydrogens (tertiary/aromatic N) is 4. The van der Waals surface area contributed by atoms with Crippen molar-refractivity contribution < 1.29 is 14.3 Å². The number of piperazine rings is 1. The Balaban J connectivity index is 1.48. The normalized spacial score (nSPS) is 14.4. The molecule has 1 amide bonds. The highest BCUT2D eigenvalue weighted by molar-refractivity contribution is 5.78. The second-order valence-electron chi connectivity index (χ2n) is 5.38. The Bertz CT molecular complexity index is 673. The average Bonchev–Trinajstić information content (AvgIpc) is 2.67. The van der Waals surface area contributed by atoms with E-state index in [2.05, 4.69) is 14.9 Å². The number of anilines is 1. The fraction of sp³-hybridized carbons (Fsp3) is 0.353. The van der Waals surface area contributed by atoms with E-state index in [4.69, 9.17) is 9.47 Å². The van der Waals surface area contributed by atoms with E-state index in [1.807, 2.05) is 12.1 Å². The van der Waals surface area contributed by atoms with Crippen molar-refractivity contribution in [1.29, 1.82) is 0 Å². The lowest BCUT2D eigenvalue weighted by molar-refractivity contribution is -0.133. The van der Waals surface area contributed by atoms with Crippen LogP contribution in [0.2, 0.25) is 0 Å². The van der Waals surface area contributed by atoms with Crippen molar-refractivity contribution in [2.24, 2.45) is 0 Å². The van der Waals surface area contributed by atoms with Gasteiger partial charge in [-0.05, 0) is 18.2 Å². The maximum atomic E-state index is 12.3. The summed E-state index contributed by atoms with van der Waals surface area (Å²) in [5.74, 6) is 2.01. The van der Waals surface area contributed by atoms with E-state index in [-0.39, 0.29) is 12.5 Å². The molecule has 0 N–H and O–H groups in total. The largest absolute Gasteiger partial charge is 0.497 e. The van der Waals surface area contributed by atoms with Crippen molar-refractivity contribution in [3.63, 3.8) is 0 Å². The molecule has 1 aromatic carbocycles. The highest BCUT2D eigenvalue weighted by Gasteiger charge is 2.22. The zero-order valence-electron chi connectivity index (χ0n) is 13.6. The molecule has 0 saturated carbocycles. The maximum absolute atomic E-state index is 12.3. The summed E-state index contributed by atoms with van der Waals surface area (Å²) in [5, 5.41) is 0. The standard InChI is InChI=1S/C17H20N4O3/c1-23-14-4-2-5-15(12-14)24-13-16(22)20-8-10-21(11-9-20)17-18-6-3-7-19-17/h2-7,12H,8-11,13H2,1H3. The van der Waals surface area contributed by atoms with Crippen molar-refractivity contribution >= 4 is 11.9 Å². The Hall–Kier alpha value is -2.83. The quantitative estimate of drug-likeness (QED) is 0.822. The van der Waals surface area contributed by atoms with E-state index < -0.39 is 0 Å². The smallest absolute Gasteiger partial charge is 0.260 e. The number of methoxy groups -OCH3 is 1. The molecule has 7 nitrogen and oxygen atoms in total. The van der Waals surface area contributed by atoms with Gasteiger partial charge in [0.2, 0.25) is 5.95 Å². The fourth-order valence-electron chi connectivity index (χ4n) is 2.54. The maximum Gasteiger partial charge on any atom is 0.260 e. The van der Waals surface area contributed by atoms with Crippen molar-refractivity contribution in [2.75, 3.05) is 44.8 Å². The van der Waals surface area contributed by atoms with Crippen LogP contribution in [0.3, 0.4) is 0 Å². The summed E-state index contributed by atoms with van der Waals surface area (Å²) >= 11 is 0. The van der Waals surface area contributed by atoms with Crippen molar-refractivity contribution in [2.45, 2.75) is 0 Å². The third-order valence-corrected chi connectivity index (χ3v) is 3.87. The third-order valence-electron chi connectivity index (χ3n) is 3.87. The molecule has 2 aromatic rings. The number of rotatable bonds is 5. The Kier molecular flexibility index (Phi) is 5.10. The molecule has 3 rings (SSSR count). The second kappa shape index (κ2) is 7.63.